The van der Waals surface area contributed by atoms with Gasteiger partial charge in [-0.2, -0.15) is 0 Å². The van der Waals surface area contributed by atoms with Gasteiger partial charge in [0.05, 0.1) is 31.8 Å². The maximum Gasteiger partial charge on any atom is 0.336 e. The minimum atomic E-state index is -0.830. The molecular weight excluding hydrogens is 488 g/mol. The van der Waals surface area contributed by atoms with Crippen molar-refractivity contribution in [2.24, 2.45) is 0 Å². The molecule has 0 saturated carbocycles. The Hall–Kier alpha value is -3.85. The third kappa shape index (κ3) is 4.42. The van der Waals surface area contributed by atoms with Crippen LogP contribution in [0.3, 0.4) is 0 Å². The molecule has 2 atom stereocenters. The van der Waals surface area contributed by atoms with E-state index in [2.05, 4.69) is 5.32 Å². The minimum absolute atomic E-state index is 0.0318. The van der Waals surface area contributed by atoms with Crippen LogP contribution in [-0.4, -0.2) is 38.0 Å². The zero-order chi connectivity index (χ0) is 26.1. The van der Waals surface area contributed by atoms with Gasteiger partial charge in [-0.3, -0.25) is 14.9 Å². The summed E-state index contributed by atoms with van der Waals surface area (Å²) in [4.78, 5) is 37.4. The van der Waals surface area contributed by atoms with E-state index in [0.717, 1.165) is 5.56 Å². The molecule has 2 aliphatic rings. The SMILES string of the molecule is COC(=O)C1=C(C)NC2=C(C(=O)CC(c3ccc(OC)c(OC)c3)C2)C1c1ccc(Cl)c([N+](=O)[O-])c1. The molecule has 4 rings (SSSR count). The zero-order valence-electron chi connectivity index (χ0n) is 20.2. The number of ether oxygens (including phenoxy) is 3. The Labute approximate surface area is 212 Å². The van der Waals surface area contributed by atoms with E-state index in [-0.39, 0.29) is 34.4 Å². The van der Waals surface area contributed by atoms with E-state index < -0.39 is 16.8 Å². The first kappa shape index (κ1) is 25.2. The van der Waals surface area contributed by atoms with E-state index in [0.29, 0.717) is 40.5 Å². The number of carbonyl (C=O) groups excluding carboxylic acids is 2. The number of Topliss-reactive ketones (excluding diaryl/α,β-unsaturated/α-hetero) is 1. The highest BCUT2D eigenvalue weighted by Crippen LogP contribution is 2.47. The van der Waals surface area contributed by atoms with Crippen molar-refractivity contribution in [1.82, 2.24) is 5.32 Å². The number of nitro benzene ring substituents is 1. The Morgan fingerprint density at radius 3 is 2.39 bits per heavy atom. The molecule has 0 aromatic heterocycles. The molecule has 2 aromatic rings. The first-order chi connectivity index (χ1) is 17.2. The molecule has 0 fully saturated rings. The van der Waals surface area contributed by atoms with E-state index in [9.17, 15) is 19.7 Å². The second-order valence-corrected chi connectivity index (χ2v) is 9.00. The molecule has 36 heavy (non-hydrogen) atoms. The lowest BCUT2D eigenvalue weighted by atomic mass is 9.71. The Balaban J connectivity index is 1.82. The number of dihydropyridines is 1. The maximum absolute atomic E-state index is 13.6. The average Bonchev–Trinajstić information content (AvgIpc) is 2.87. The monoisotopic (exact) mass is 512 g/mol. The molecule has 9 nitrogen and oxygen atoms in total. The predicted octanol–water partition coefficient (Wildman–Crippen LogP) is 4.80. The smallest absolute Gasteiger partial charge is 0.336 e. The molecule has 1 aliphatic heterocycles. The number of methoxy groups -OCH3 is 3. The van der Waals surface area contributed by atoms with Crippen molar-refractivity contribution >= 4 is 29.0 Å². The number of allylic oxidation sites excluding steroid dienone is 3. The quantitative estimate of drug-likeness (QED) is 0.333. The van der Waals surface area contributed by atoms with E-state index in [1.54, 1.807) is 33.3 Å². The molecule has 188 valence electrons. The lowest BCUT2D eigenvalue weighted by molar-refractivity contribution is -0.384. The highest BCUT2D eigenvalue weighted by Gasteiger charge is 2.42. The number of hydrogen-bond acceptors (Lipinski definition) is 8. The summed E-state index contributed by atoms with van der Waals surface area (Å²) in [5.41, 5.74) is 2.83. The molecule has 0 radical (unpaired) electrons. The summed E-state index contributed by atoms with van der Waals surface area (Å²) >= 11 is 6.03. The largest absolute Gasteiger partial charge is 0.493 e. The Morgan fingerprint density at radius 1 is 1.06 bits per heavy atom. The van der Waals surface area contributed by atoms with Crippen molar-refractivity contribution in [3.8, 4) is 11.5 Å². The fourth-order valence-corrected chi connectivity index (χ4v) is 5.13. The van der Waals surface area contributed by atoms with E-state index in [4.69, 9.17) is 25.8 Å². The number of hydrogen-bond donors (Lipinski definition) is 1. The van der Waals surface area contributed by atoms with Gasteiger partial charge < -0.3 is 19.5 Å². The summed E-state index contributed by atoms with van der Waals surface area (Å²) in [6.07, 6.45) is 0.685. The molecule has 1 heterocycles. The van der Waals surface area contributed by atoms with Crippen molar-refractivity contribution in [3.05, 3.63) is 85.2 Å². The van der Waals surface area contributed by atoms with Crippen LogP contribution in [0.5, 0.6) is 11.5 Å². The summed E-state index contributed by atoms with van der Waals surface area (Å²) in [7, 11) is 4.36. The van der Waals surface area contributed by atoms with Crippen LogP contribution in [0.25, 0.3) is 0 Å². The summed E-state index contributed by atoms with van der Waals surface area (Å²) in [6.45, 7) is 1.72. The Morgan fingerprint density at radius 2 is 1.75 bits per heavy atom. The van der Waals surface area contributed by atoms with E-state index >= 15 is 0 Å². The number of esters is 1. The van der Waals surface area contributed by atoms with Crippen LogP contribution < -0.4 is 14.8 Å². The predicted molar refractivity (Wildman–Crippen MR) is 132 cm³/mol. The summed E-state index contributed by atoms with van der Waals surface area (Å²) < 4.78 is 15.8. The average molecular weight is 513 g/mol. The molecule has 2 aromatic carbocycles. The van der Waals surface area contributed by atoms with Crippen LogP contribution in [0.4, 0.5) is 5.69 Å². The van der Waals surface area contributed by atoms with Gasteiger partial charge in [-0.1, -0.05) is 23.7 Å². The molecule has 1 N–H and O–H groups in total. The molecule has 0 bridgehead atoms. The van der Waals surface area contributed by atoms with Crippen LogP contribution in [0, 0.1) is 10.1 Å². The maximum atomic E-state index is 13.6. The molecule has 2 unspecified atom stereocenters. The fourth-order valence-electron chi connectivity index (χ4n) is 4.94. The number of nitro groups is 1. The number of nitrogens with one attached hydrogen (secondary N) is 1. The fraction of sp³-hybridized carbons (Fsp3) is 0.308. The topological polar surface area (TPSA) is 117 Å². The highest BCUT2D eigenvalue weighted by molar-refractivity contribution is 6.32. The van der Waals surface area contributed by atoms with Gasteiger partial charge in [-0.05, 0) is 48.6 Å². The van der Waals surface area contributed by atoms with Crippen molar-refractivity contribution in [3.63, 3.8) is 0 Å². The van der Waals surface area contributed by atoms with Gasteiger partial charge in [0.15, 0.2) is 17.3 Å². The van der Waals surface area contributed by atoms with Crippen LogP contribution >= 0.6 is 11.6 Å². The van der Waals surface area contributed by atoms with Crippen molar-refractivity contribution in [2.75, 3.05) is 21.3 Å². The normalized spacial score (nSPS) is 19.4. The zero-order valence-corrected chi connectivity index (χ0v) is 21.0. The first-order valence-corrected chi connectivity index (χ1v) is 11.6. The summed E-state index contributed by atoms with van der Waals surface area (Å²) in [6, 6.07) is 9.87. The number of rotatable bonds is 6. The number of ketones is 1. The van der Waals surface area contributed by atoms with E-state index in [1.165, 1.54) is 19.2 Å². The number of nitrogens with zero attached hydrogens (tertiary/aromatic N) is 1. The second-order valence-electron chi connectivity index (χ2n) is 8.59. The number of benzene rings is 2. The molecule has 10 heteroatoms. The van der Waals surface area contributed by atoms with Gasteiger partial charge in [-0.15, -0.1) is 0 Å². The summed E-state index contributed by atoms with van der Waals surface area (Å²) in [5, 5.41) is 14.7. The minimum Gasteiger partial charge on any atom is -0.493 e. The third-order valence-corrected chi connectivity index (χ3v) is 6.93. The second kappa shape index (κ2) is 10.0. The van der Waals surface area contributed by atoms with Crippen LogP contribution in [0.15, 0.2) is 58.9 Å². The molecule has 0 saturated heterocycles. The Kier molecular flexibility index (Phi) is 7.03. The van der Waals surface area contributed by atoms with Gasteiger partial charge >= 0.3 is 5.97 Å². The number of halogens is 1. The van der Waals surface area contributed by atoms with Gasteiger partial charge in [0.2, 0.25) is 0 Å². The van der Waals surface area contributed by atoms with E-state index in [1.807, 2.05) is 12.1 Å². The van der Waals surface area contributed by atoms with Gasteiger partial charge in [-0.25, -0.2) is 4.79 Å². The van der Waals surface area contributed by atoms with Crippen molar-refractivity contribution in [2.45, 2.75) is 31.6 Å². The van der Waals surface area contributed by atoms with Gasteiger partial charge in [0, 0.05) is 35.4 Å². The van der Waals surface area contributed by atoms with Crippen molar-refractivity contribution < 1.29 is 28.7 Å². The first-order valence-electron chi connectivity index (χ1n) is 11.2. The third-order valence-electron chi connectivity index (χ3n) is 6.61. The molecule has 0 spiro atoms. The highest BCUT2D eigenvalue weighted by atomic mass is 35.5. The standard InChI is InChI=1S/C26H25ClN2O7/c1-13-23(26(31)36-4)24(15-5-7-17(27)19(10-15)29(32)33)25-18(28-13)9-16(11-20(25)30)14-6-8-21(34-2)22(12-14)35-3/h5-8,10,12,16,24,28H,9,11H2,1-4H3. The van der Waals surface area contributed by atoms with Crippen molar-refractivity contribution in [1.29, 1.82) is 0 Å². The summed E-state index contributed by atoms with van der Waals surface area (Å²) in [5.74, 6) is -0.608. The molecular formula is C26H25ClN2O7. The lowest BCUT2D eigenvalue weighted by Gasteiger charge is -2.36. The number of carbonyl (C=O) groups is 2. The molecule has 1 aliphatic carbocycles. The Bertz CT molecular complexity index is 1330. The van der Waals surface area contributed by atoms with Crippen LogP contribution in [0.2, 0.25) is 5.02 Å². The van der Waals surface area contributed by atoms with Crippen LogP contribution in [-0.2, 0) is 14.3 Å². The van der Waals surface area contributed by atoms with Gasteiger partial charge in [0.1, 0.15) is 5.02 Å². The van der Waals surface area contributed by atoms with Crippen LogP contribution in [0.1, 0.15) is 42.7 Å². The molecule has 0 amide bonds. The van der Waals surface area contributed by atoms with Gasteiger partial charge in [0.25, 0.3) is 5.69 Å². The lowest BCUT2D eigenvalue weighted by Crippen LogP contribution is -2.36.